The monoisotopic (exact) mass is 424 g/mol. The third kappa shape index (κ3) is 4.84. The summed E-state index contributed by atoms with van der Waals surface area (Å²) >= 11 is 0. The summed E-state index contributed by atoms with van der Waals surface area (Å²) in [5.41, 5.74) is 1.49. The molecule has 2 aromatic carbocycles. The first-order valence-corrected chi connectivity index (χ1v) is 10.4. The second-order valence-electron chi connectivity index (χ2n) is 6.23. The highest BCUT2D eigenvalue weighted by molar-refractivity contribution is 7.92. The summed E-state index contributed by atoms with van der Waals surface area (Å²) in [5, 5.41) is 9.38. The van der Waals surface area contributed by atoms with E-state index in [0.717, 1.165) is 4.31 Å². The topological polar surface area (TPSA) is 96.8 Å². The van der Waals surface area contributed by atoms with E-state index in [1.165, 1.54) is 31.4 Å². The van der Waals surface area contributed by atoms with Crippen LogP contribution in [0.5, 0.6) is 5.75 Å². The van der Waals surface area contributed by atoms with E-state index < -0.39 is 22.5 Å². The summed E-state index contributed by atoms with van der Waals surface area (Å²) in [6.45, 7) is -0.719. The second-order valence-corrected chi connectivity index (χ2v) is 8.09. The van der Waals surface area contributed by atoms with Crippen molar-refractivity contribution in [1.29, 1.82) is 0 Å². The molecule has 3 aromatic rings. The third-order valence-electron chi connectivity index (χ3n) is 4.25. The molecule has 0 aliphatic carbocycles. The van der Waals surface area contributed by atoms with Crippen molar-refractivity contribution in [2.24, 2.45) is 0 Å². The van der Waals surface area contributed by atoms with Gasteiger partial charge in [-0.25, -0.2) is 8.42 Å². The van der Waals surface area contributed by atoms with Crippen molar-refractivity contribution < 1.29 is 23.1 Å². The summed E-state index contributed by atoms with van der Waals surface area (Å²) in [4.78, 5) is 15.7. The molecule has 0 amide bonds. The van der Waals surface area contributed by atoms with E-state index in [2.05, 4.69) is 4.98 Å². The number of para-hydroxylation sites is 1. The molecule has 0 aliphatic rings. The zero-order chi connectivity index (χ0) is 21.6. The molecule has 0 spiro atoms. The van der Waals surface area contributed by atoms with Gasteiger partial charge in [-0.15, -0.1) is 0 Å². The van der Waals surface area contributed by atoms with Crippen LogP contribution in [-0.4, -0.2) is 38.1 Å². The van der Waals surface area contributed by atoms with Crippen LogP contribution in [0.15, 0.2) is 77.8 Å². The van der Waals surface area contributed by atoms with Gasteiger partial charge < -0.3 is 9.84 Å². The second kappa shape index (κ2) is 9.23. The van der Waals surface area contributed by atoms with E-state index in [-0.39, 0.29) is 10.6 Å². The van der Waals surface area contributed by atoms with Gasteiger partial charge in [0.25, 0.3) is 10.0 Å². The zero-order valence-electron chi connectivity index (χ0n) is 16.2. The van der Waals surface area contributed by atoms with Crippen molar-refractivity contribution in [3.8, 4) is 5.75 Å². The largest absolute Gasteiger partial charge is 0.497 e. The number of aliphatic carboxylic acids is 1. The Morgan fingerprint density at radius 3 is 2.37 bits per heavy atom. The molecule has 1 aromatic heterocycles. The fraction of sp³-hybridized carbons (Fsp3) is 0.0909. The number of carbonyl (C=O) groups is 1. The summed E-state index contributed by atoms with van der Waals surface area (Å²) in [5.74, 6) is -0.770. The Morgan fingerprint density at radius 2 is 1.73 bits per heavy atom. The minimum atomic E-state index is -4.13. The molecule has 8 heteroatoms. The Kier molecular flexibility index (Phi) is 6.48. The average Bonchev–Trinajstić information content (AvgIpc) is 2.77. The van der Waals surface area contributed by atoms with Gasteiger partial charge in [-0.3, -0.25) is 14.1 Å². The average molecular weight is 424 g/mol. The van der Waals surface area contributed by atoms with Crippen LogP contribution in [0.2, 0.25) is 0 Å². The molecule has 0 saturated carbocycles. The van der Waals surface area contributed by atoms with Gasteiger partial charge in [0, 0.05) is 6.20 Å². The molecule has 3 rings (SSSR count). The predicted molar refractivity (Wildman–Crippen MR) is 115 cm³/mol. The van der Waals surface area contributed by atoms with Gasteiger partial charge in [-0.2, -0.15) is 0 Å². The third-order valence-corrected chi connectivity index (χ3v) is 6.03. The van der Waals surface area contributed by atoms with Crippen molar-refractivity contribution >= 4 is 33.8 Å². The summed E-state index contributed by atoms with van der Waals surface area (Å²) in [6.07, 6.45) is 5.09. The van der Waals surface area contributed by atoms with E-state index in [0.29, 0.717) is 17.0 Å². The van der Waals surface area contributed by atoms with Gasteiger partial charge in [0.2, 0.25) is 0 Å². The Labute approximate surface area is 174 Å². The van der Waals surface area contributed by atoms with Gasteiger partial charge in [-0.1, -0.05) is 30.3 Å². The maximum Gasteiger partial charge on any atom is 0.324 e. The number of nitrogens with zero attached hydrogens (tertiary/aromatic N) is 2. The van der Waals surface area contributed by atoms with E-state index in [9.17, 15) is 18.3 Å². The Hall–Kier alpha value is -3.65. The highest BCUT2D eigenvalue weighted by atomic mass is 32.2. The quantitative estimate of drug-likeness (QED) is 0.594. The van der Waals surface area contributed by atoms with Crippen molar-refractivity contribution in [3.05, 3.63) is 84.2 Å². The highest BCUT2D eigenvalue weighted by Gasteiger charge is 2.28. The number of methoxy groups -OCH3 is 1. The minimum Gasteiger partial charge on any atom is -0.497 e. The molecule has 1 N–H and O–H groups in total. The van der Waals surface area contributed by atoms with Crippen molar-refractivity contribution in [1.82, 2.24) is 4.98 Å². The molecule has 1 heterocycles. The Bertz CT molecular complexity index is 1140. The summed E-state index contributed by atoms with van der Waals surface area (Å²) < 4.78 is 32.5. The smallest absolute Gasteiger partial charge is 0.324 e. The van der Waals surface area contributed by atoms with Crippen molar-refractivity contribution in [2.45, 2.75) is 4.90 Å². The zero-order valence-corrected chi connectivity index (χ0v) is 17.0. The molecule has 30 heavy (non-hydrogen) atoms. The normalized spacial score (nSPS) is 11.4. The number of ether oxygens (including phenoxy) is 1. The summed E-state index contributed by atoms with van der Waals surface area (Å²) in [6, 6.07) is 17.9. The molecule has 154 valence electrons. The van der Waals surface area contributed by atoms with E-state index in [4.69, 9.17) is 4.74 Å². The lowest BCUT2D eigenvalue weighted by atomic mass is 10.1. The van der Waals surface area contributed by atoms with Crippen LogP contribution >= 0.6 is 0 Å². The van der Waals surface area contributed by atoms with Crippen LogP contribution in [0.3, 0.4) is 0 Å². The van der Waals surface area contributed by atoms with E-state index in [1.54, 1.807) is 48.7 Å². The number of carboxylic acid groups (broad SMARTS) is 1. The van der Waals surface area contributed by atoms with E-state index in [1.807, 2.05) is 12.1 Å². The molecular weight excluding hydrogens is 404 g/mol. The number of benzene rings is 2. The first-order valence-electron chi connectivity index (χ1n) is 8.98. The first kappa shape index (κ1) is 21.1. The standard InChI is InChI=1S/C22H20N2O5S/c1-29-19-11-13-20(14-12-19)30(27,28)24(16-22(25)26)21-8-3-2-6-17(21)9-10-18-7-4-5-15-23-18/h2-15H,16H2,1H3,(H,25,26)/b10-9+. The van der Waals surface area contributed by atoms with Crippen molar-refractivity contribution in [2.75, 3.05) is 18.0 Å². The fourth-order valence-corrected chi connectivity index (χ4v) is 4.24. The number of anilines is 1. The number of sulfonamides is 1. The Morgan fingerprint density at radius 1 is 1.03 bits per heavy atom. The highest BCUT2D eigenvalue weighted by Crippen LogP contribution is 2.29. The summed E-state index contributed by atoms with van der Waals surface area (Å²) in [7, 11) is -2.66. The SMILES string of the molecule is COc1ccc(S(=O)(=O)N(CC(=O)O)c2ccccc2/C=C/c2ccccn2)cc1. The van der Waals surface area contributed by atoms with Crippen LogP contribution in [0, 0.1) is 0 Å². The molecular formula is C22H20N2O5S. The number of hydrogen-bond donors (Lipinski definition) is 1. The molecule has 0 atom stereocenters. The van der Waals surface area contributed by atoms with E-state index >= 15 is 0 Å². The van der Waals surface area contributed by atoms with Gasteiger partial charge in [0.05, 0.1) is 23.4 Å². The van der Waals surface area contributed by atoms with Crippen LogP contribution in [0.1, 0.15) is 11.3 Å². The molecule has 0 aliphatic heterocycles. The maximum absolute atomic E-state index is 13.3. The Balaban J connectivity index is 2.06. The van der Waals surface area contributed by atoms with Gasteiger partial charge in [0.1, 0.15) is 12.3 Å². The molecule has 0 bridgehead atoms. The number of rotatable bonds is 8. The minimum absolute atomic E-state index is 0.0342. The number of aromatic nitrogens is 1. The first-order chi connectivity index (χ1) is 14.4. The fourth-order valence-electron chi connectivity index (χ4n) is 2.80. The van der Waals surface area contributed by atoms with Gasteiger partial charge in [0.15, 0.2) is 0 Å². The van der Waals surface area contributed by atoms with Crippen molar-refractivity contribution in [3.63, 3.8) is 0 Å². The maximum atomic E-state index is 13.3. The number of carboxylic acids is 1. The molecule has 0 unspecified atom stereocenters. The van der Waals surface area contributed by atoms with Crippen LogP contribution in [0.4, 0.5) is 5.69 Å². The number of hydrogen-bond acceptors (Lipinski definition) is 5. The van der Waals surface area contributed by atoms with Crippen LogP contribution in [-0.2, 0) is 14.8 Å². The van der Waals surface area contributed by atoms with Crippen LogP contribution < -0.4 is 9.04 Å². The molecule has 7 nitrogen and oxygen atoms in total. The van der Waals surface area contributed by atoms with Gasteiger partial charge in [-0.05, 0) is 54.1 Å². The lowest BCUT2D eigenvalue weighted by Crippen LogP contribution is -2.36. The molecule has 0 saturated heterocycles. The lowest BCUT2D eigenvalue weighted by molar-refractivity contribution is -0.135. The molecule has 0 radical (unpaired) electrons. The molecule has 0 fully saturated rings. The number of pyridine rings is 1. The van der Waals surface area contributed by atoms with Gasteiger partial charge >= 0.3 is 5.97 Å². The lowest BCUT2D eigenvalue weighted by Gasteiger charge is -2.24. The predicted octanol–water partition coefficient (Wildman–Crippen LogP) is 3.54. The van der Waals surface area contributed by atoms with Crippen LogP contribution in [0.25, 0.3) is 12.2 Å².